The Morgan fingerprint density at radius 3 is 2.29 bits per heavy atom. The van der Waals surface area contributed by atoms with E-state index in [0.29, 0.717) is 11.7 Å². The smallest absolute Gasteiger partial charge is 0.304 e. The molecule has 0 aliphatic carbocycles. The zero-order valence-corrected chi connectivity index (χ0v) is 13.4. The van der Waals surface area contributed by atoms with Gasteiger partial charge in [0.05, 0.1) is 12.2 Å². The highest BCUT2D eigenvalue weighted by molar-refractivity contribution is 7.92. The summed E-state index contributed by atoms with van der Waals surface area (Å²) in [7, 11) is -3.63. The van der Waals surface area contributed by atoms with Crippen molar-refractivity contribution in [3.63, 3.8) is 0 Å². The number of benzene rings is 1. The molecule has 0 heterocycles. The fraction of sp³-hybridized carbons (Fsp3) is 0.500. The fourth-order valence-electron chi connectivity index (χ4n) is 2.02. The first-order valence-corrected chi connectivity index (χ1v) is 8.49. The van der Waals surface area contributed by atoms with Gasteiger partial charge in [-0.3, -0.25) is 9.52 Å². The van der Waals surface area contributed by atoms with Crippen molar-refractivity contribution in [3.8, 4) is 0 Å². The second kappa shape index (κ2) is 7.31. The lowest BCUT2D eigenvalue weighted by atomic mass is 10.2. The van der Waals surface area contributed by atoms with E-state index in [2.05, 4.69) is 30.4 Å². The number of carboxylic acid groups (broad SMARTS) is 1. The molecule has 0 bridgehead atoms. The number of aliphatic carboxylic acids is 1. The van der Waals surface area contributed by atoms with E-state index in [1.54, 1.807) is 12.1 Å². The van der Waals surface area contributed by atoms with Crippen molar-refractivity contribution in [3.05, 3.63) is 24.3 Å². The first kappa shape index (κ1) is 17.3. The van der Waals surface area contributed by atoms with Gasteiger partial charge in [0.15, 0.2) is 0 Å². The number of nitrogens with one attached hydrogen (secondary N) is 1. The van der Waals surface area contributed by atoms with Crippen LogP contribution in [0.4, 0.5) is 11.4 Å². The molecule has 0 saturated carbocycles. The molecule has 118 valence electrons. The highest BCUT2D eigenvalue weighted by Crippen LogP contribution is 2.20. The van der Waals surface area contributed by atoms with Gasteiger partial charge < -0.3 is 10.0 Å². The summed E-state index contributed by atoms with van der Waals surface area (Å²) >= 11 is 0. The fourth-order valence-corrected chi connectivity index (χ4v) is 3.06. The third-order valence-electron chi connectivity index (χ3n) is 3.02. The van der Waals surface area contributed by atoms with Crippen molar-refractivity contribution in [2.24, 2.45) is 0 Å². The van der Waals surface area contributed by atoms with Crippen molar-refractivity contribution in [2.45, 2.75) is 33.2 Å². The van der Waals surface area contributed by atoms with Gasteiger partial charge in [-0.05, 0) is 45.0 Å². The maximum Gasteiger partial charge on any atom is 0.304 e. The standard InChI is InChI=1S/C14H22N2O4S/c1-4-16(11(2)3)13-7-5-12(6-8-13)15-21(19,20)10-9-14(17)18/h5-8,11,15H,4,9-10H2,1-3H3,(H,17,18). The predicted octanol–water partition coefficient (Wildman–Crippen LogP) is 2.14. The number of carboxylic acids is 1. The zero-order chi connectivity index (χ0) is 16.0. The van der Waals surface area contributed by atoms with E-state index < -0.39 is 28.2 Å². The van der Waals surface area contributed by atoms with Crippen LogP contribution in [-0.4, -0.2) is 37.8 Å². The van der Waals surface area contributed by atoms with Crippen molar-refractivity contribution in [1.29, 1.82) is 0 Å². The topological polar surface area (TPSA) is 86.7 Å². The normalized spacial score (nSPS) is 11.4. The number of anilines is 2. The summed E-state index contributed by atoms with van der Waals surface area (Å²) < 4.78 is 25.8. The van der Waals surface area contributed by atoms with E-state index in [9.17, 15) is 13.2 Å². The number of sulfonamides is 1. The van der Waals surface area contributed by atoms with E-state index in [-0.39, 0.29) is 0 Å². The van der Waals surface area contributed by atoms with Crippen molar-refractivity contribution in [2.75, 3.05) is 21.9 Å². The molecular formula is C14H22N2O4S. The first-order valence-electron chi connectivity index (χ1n) is 6.84. The summed E-state index contributed by atoms with van der Waals surface area (Å²) in [6.07, 6.45) is -0.412. The summed E-state index contributed by atoms with van der Waals surface area (Å²) in [5.74, 6) is -1.57. The van der Waals surface area contributed by atoms with E-state index in [1.807, 2.05) is 12.1 Å². The largest absolute Gasteiger partial charge is 0.481 e. The average Bonchev–Trinajstić information content (AvgIpc) is 2.39. The van der Waals surface area contributed by atoms with Gasteiger partial charge in [-0.2, -0.15) is 0 Å². The summed E-state index contributed by atoms with van der Waals surface area (Å²) in [4.78, 5) is 12.6. The Bertz CT molecular complexity index is 567. The van der Waals surface area contributed by atoms with Gasteiger partial charge in [0.1, 0.15) is 0 Å². The van der Waals surface area contributed by atoms with Gasteiger partial charge in [0.2, 0.25) is 10.0 Å². The Kier molecular flexibility index (Phi) is 6.02. The van der Waals surface area contributed by atoms with E-state index in [1.165, 1.54) is 0 Å². The van der Waals surface area contributed by atoms with Crippen LogP contribution in [0.5, 0.6) is 0 Å². The maximum atomic E-state index is 11.7. The third-order valence-corrected chi connectivity index (χ3v) is 4.31. The van der Waals surface area contributed by atoms with E-state index >= 15 is 0 Å². The van der Waals surface area contributed by atoms with Crippen molar-refractivity contribution >= 4 is 27.4 Å². The second-order valence-electron chi connectivity index (χ2n) is 4.99. The van der Waals surface area contributed by atoms with Gasteiger partial charge in [-0.1, -0.05) is 0 Å². The predicted molar refractivity (Wildman–Crippen MR) is 84.3 cm³/mol. The van der Waals surface area contributed by atoms with Crippen LogP contribution in [0.15, 0.2) is 24.3 Å². The Balaban J connectivity index is 2.77. The number of hydrogen-bond acceptors (Lipinski definition) is 4. The Morgan fingerprint density at radius 1 is 1.29 bits per heavy atom. The van der Waals surface area contributed by atoms with Crippen molar-refractivity contribution < 1.29 is 18.3 Å². The van der Waals surface area contributed by atoms with Crippen molar-refractivity contribution in [1.82, 2.24) is 0 Å². The lowest BCUT2D eigenvalue weighted by Gasteiger charge is -2.27. The molecule has 21 heavy (non-hydrogen) atoms. The molecule has 0 radical (unpaired) electrons. The van der Waals surface area contributed by atoms with Gasteiger partial charge >= 0.3 is 5.97 Å². The minimum atomic E-state index is -3.63. The molecule has 0 aliphatic heterocycles. The molecule has 0 amide bonds. The monoisotopic (exact) mass is 314 g/mol. The maximum absolute atomic E-state index is 11.7. The Morgan fingerprint density at radius 2 is 1.86 bits per heavy atom. The third kappa shape index (κ3) is 5.63. The van der Waals surface area contributed by atoms with Gasteiger partial charge in [0, 0.05) is 24.0 Å². The molecule has 1 aromatic rings. The van der Waals surface area contributed by atoms with Crippen LogP contribution < -0.4 is 9.62 Å². The van der Waals surface area contributed by atoms with Gasteiger partial charge in [-0.25, -0.2) is 8.42 Å². The number of nitrogens with zero attached hydrogens (tertiary/aromatic N) is 1. The molecule has 1 aromatic carbocycles. The molecular weight excluding hydrogens is 292 g/mol. The number of hydrogen-bond donors (Lipinski definition) is 2. The summed E-state index contributed by atoms with van der Waals surface area (Å²) in [5, 5.41) is 8.52. The molecule has 0 fully saturated rings. The summed E-state index contributed by atoms with van der Waals surface area (Å²) in [6, 6.07) is 7.40. The molecule has 2 N–H and O–H groups in total. The molecule has 0 spiro atoms. The van der Waals surface area contributed by atoms with Crippen LogP contribution >= 0.6 is 0 Å². The highest BCUT2D eigenvalue weighted by atomic mass is 32.2. The molecule has 6 nitrogen and oxygen atoms in total. The molecule has 0 aliphatic rings. The van der Waals surface area contributed by atoms with Crippen LogP contribution in [0.25, 0.3) is 0 Å². The minimum absolute atomic E-state index is 0.355. The Hall–Kier alpha value is -1.76. The molecule has 1 rings (SSSR count). The highest BCUT2D eigenvalue weighted by Gasteiger charge is 2.13. The van der Waals surface area contributed by atoms with Gasteiger partial charge in [-0.15, -0.1) is 0 Å². The average molecular weight is 314 g/mol. The zero-order valence-electron chi connectivity index (χ0n) is 12.5. The van der Waals surface area contributed by atoms with Gasteiger partial charge in [0.25, 0.3) is 0 Å². The Labute approximate surface area is 125 Å². The molecule has 0 atom stereocenters. The van der Waals surface area contributed by atoms with Crippen LogP contribution in [0, 0.1) is 0 Å². The van der Waals surface area contributed by atoms with Crippen LogP contribution in [-0.2, 0) is 14.8 Å². The lowest BCUT2D eigenvalue weighted by Crippen LogP contribution is -2.30. The second-order valence-corrected chi connectivity index (χ2v) is 6.83. The minimum Gasteiger partial charge on any atom is -0.481 e. The quantitative estimate of drug-likeness (QED) is 0.767. The SMILES string of the molecule is CCN(c1ccc(NS(=O)(=O)CCC(=O)O)cc1)C(C)C. The number of rotatable bonds is 8. The van der Waals surface area contributed by atoms with E-state index in [4.69, 9.17) is 5.11 Å². The van der Waals surface area contributed by atoms with Crippen LogP contribution in [0.3, 0.4) is 0 Å². The van der Waals surface area contributed by atoms with Crippen LogP contribution in [0.2, 0.25) is 0 Å². The molecule has 0 aromatic heterocycles. The summed E-state index contributed by atoms with van der Waals surface area (Å²) in [6.45, 7) is 7.10. The lowest BCUT2D eigenvalue weighted by molar-refractivity contribution is -0.136. The first-order chi connectivity index (χ1) is 9.75. The molecule has 7 heteroatoms. The molecule has 0 unspecified atom stereocenters. The van der Waals surface area contributed by atoms with E-state index in [0.717, 1.165) is 12.2 Å². The summed E-state index contributed by atoms with van der Waals surface area (Å²) in [5.41, 5.74) is 1.45. The van der Waals surface area contributed by atoms with Crippen LogP contribution in [0.1, 0.15) is 27.2 Å². The number of carbonyl (C=O) groups is 1. The molecule has 0 saturated heterocycles.